The summed E-state index contributed by atoms with van der Waals surface area (Å²) in [5, 5.41) is 3.35. The molecule has 1 aromatic heterocycles. The highest BCUT2D eigenvalue weighted by Gasteiger charge is 2.06. The van der Waals surface area contributed by atoms with E-state index in [0.29, 0.717) is 16.5 Å². The van der Waals surface area contributed by atoms with Crippen LogP contribution < -0.4 is 11.1 Å². The maximum Gasteiger partial charge on any atom is 0.229 e. The Kier molecular flexibility index (Phi) is 4.02. The van der Waals surface area contributed by atoms with Crippen LogP contribution >= 0.6 is 11.6 Å². The largest absolute Gasteiger partial charge is 0.397 e. The van der Waals surface area contributed by atoms with E-state index in [-0.39, 0.29) is 12.3 Å². The number of carbonyl (C=O) groups excluding carboxylic acids is 1. The number of halogens is 1. The van der Waals surface area contributed by atoms with Gasteiger partial charge >= 0.3 is 0 Å². The molecule has 0 aliphatic carbocycles. The standard InChI is InChI=1S/C14H14ClN3O/c1-9-5-13(17-8-12(9)16)18-14(19)7-10-3-2-4-11(15)6-10/h2-6,8H,7,16H2,1H3,(H,17,18,19). The van der Waals surface area contributed by atoms with Crippen LogP contribution in [-0.2, 0) is 11.2 Å². The predicted octanol–water partition coefficient (Wildman–Crippen LogP) is 2.81. The summed E-state index contributed by atoms with van der Waals surface area (Å²) >= 11 is 5.87. The van der Waals surface area contributed by atoms with Crippen molar-refractivity contribution in [3.8, 4) is 0 Å². The van der Waals surface area contributed by atoms with Gasteiger partial charge in [-0.2, -0.15) is 0 Å². The molecule has 0 saturated heterocycles. The summed E-state index contributed by atoms with van der Waals surface area (Å²) in [4.78, 5) is 15.9. The normalized spacial score (nSPS) is 10.2. The van der Waals surface area contributed by atoms with E-state index in [2.05, 4.69) is 10.3 Å². The van der Waals surface area contributed by atoms with E-state index in [1.807, 2.05) is 19.1 Å². The number of anilines is 2. The molecule has 1 aromatic carbocycles. The summed E-state index contributed by atoms with van der Waals surface area (Å²) in [5.41, 5.74) is 8.02. The average molecular weight is 276 g/mol. The summed E-state index contributed by atoms with van der Waals surface area (Å²) in [7, 11) is 0. The third kappa shape index (κ3) is 3.69. The van der Waals surface area contributed by atoms with Crippen LogP contribution in [0.25, 0.3) is 0 Å². The zero-order valence-electron chi connectivity index (χ0n) is 10.5. The molecule has 0 bridgehead atoms. The number of amides is 1. The van der Waals surface area contributed by atoms with E-state index in [1.165, 1.54) is 6.20 Å². The van der Waals surface area contributed by atoms with Gasteiger partial charge in [0.25, 0.3) is 0 Å². The third-order valence-electron chi connectivity index (χ3n) is 2.67. The minimum absolute atomic E-state index is 0.140. The molecule has 0 fully saturated rings. The number of hydrogen-bond donors (Lipinski definition) is 2. The zero-order valence-corrected chi connectivity index (χ0v) is 11.2. The Hall–Kier alpha value is -2.07. The molecule has 0 spiro atoms. The Balaban J connectivity index is 2.03. The van der Waals surface area contributed by atoms with Crippen LogP contribution in [0.3, 0.4) is 0 Å². The summed E-state index contributed by atoms with van der Waals surface area (Å²) in [6.45, 7) is 1.86. The quantitative estimate of drug-likeness (QED) is 0.905. The molecule has 4 nitrogen and oxygen atoms in total. The number of nitrogens with zero attached hydrogens (tertiary/aromatic N) is 1. The van der Waals surface area contributed by atoms with Crippen LogP contribution in [-0.4, -0.2) is 10.9 Å². The molecule has 0 radical (unpaired) electrons. The lowest BCUT2D eigenvalue weighted by molar-refractivity contribution is -0.115. The van der Waals surface area contributed by atoms with Crippen molar-refractivity contribution in [1.29, 1.82) is 0 Å². The second-order valence-electron chi connectivity index (χ2n) is 4.28. The van der Waals surface area contributed by atoms with Crippen molar-refractivity contribution < 1.29 is 4.79 Å². The first-order chi connectivity index (χ1) is 9.04. The first-order valence-corrected chi connectivity index (χ1v) is 6.19. The number of hydrogen-bond acceptors (Lipinski definition) is 3. The number of benzene rings is 1. The lowest BCUT2D eigenvalue weighted by Crippen LogP contribution is -2.15. The van der Waals surface area contributed by atoms with E-state index in [1.54, 1.807) is 18.2 Å². The van der Waals surface area contributed by atoms with Gasteiger partial charge in [-0.15, -0.1) is 0 Å². The maximum atomic E-state index is 11.9. The molecule has 0 saturated carbocycles. The molecular formula is C14H14ClN3O. The highest BCUT2D eigenvalue weighted by Crippen LogP contribution is 2.14. The molecule has 2 aromatic rings. The van der Waals surface area contributed by atoms with Gasteiger partial charge in [0.15, 0.2) is 0 Å². The second-order valence-corrected chi connectivity index (χ2v) is 4.72. The summed E-state index contributed by atoms with van der Waals surface area (Å²) < 4.78 is 0. The maximum absolute atomic E-state index is 11.9. The molecule has 0 unspecified atom stereocenters. The molecule has 2 rings (SSSR count). The highest BCUT2D eigenvalue weighted by molar-refractivity contribution is 6.30. The lowest BCUT2D eigenvalue weighted by Gasteiger charge is -2.06. The fourth-order valence-electron chi connectivity index (χ4n) is 1.65. The first-order valence-electron chi connectivity index (χ1n) is 5.81. The molecule has 0 aliphatic rings. The third-order valence-corrected chi connectivity index (χ3v) is 2.91. The van der Waals surface area contributed by atoms with Crippen LogP contribution in [0.4, 0.5) is 11.5 Å². The number of nitrogens with one attached hydrogen (secondary N) is 1. The van der Waals surface area contributed by atoms with Crippen molar-refractivity contribution in [1.82, 2.24) is 4.98 Å². The van der Waals surface area contributed by atoms with E-state index in [0.717, 1.165) is 11.1 Å². The second kappa shape index (κ2) is 5.71. The molecule has 3 N–H and O–H groups in total. The Morgan fingerprint density at radius 1 is 1.42 bits per heavy atom. The van der Waals surface area contributed by atoms with Gasteiger partial charge in [-0.3, -0.25) is 4.79 Å². The topological polar surface area (TPSA) is 68.0 Å². The monoisotopic (exact) mass is 275 g/mol. The van der Waals surface area contributed by atoms with Crippen molar-refractivity contribution in [2.24, 2.45) is 0 Å². The molecule has 0 atom stereocenters. The number of rotatable bonds is 3. The van der Waals surface area contributed by atoms with Gasteiger partial charge in [-0.25, -0.2) is 4.98 Å². The molecule has 98 valence electrons. The number of nitrogens with two attached hydrogens (primary N) is 1. The molecule has 1 amide bonds. The summed E-state index contributed by atoms with van der Waals surface area (Å²) in [5.74, 6) is 0.359. The van der Waals surface area contributed by atoms with Gasteiger partial charge in [0.1, 0.15) is 5.82 Å². The minimum atomic E-state index is -0.140. The van der Waals surface area contributed by atoms with Crippen molar-refractivity contribution in [2.75, 3.05) is 11.1 Å². The van der Waals surface area contributed by atoms with Gasteiger partial charge in [-0.05, 0) is 36.2 Å². The lowest BCUT2D eigenvalue weighted by atomic mass is 10.1. The zero-order chi connectivity index (χ0) is 13.8. The van der Waals surface area contributed by atoms with Crippen molar-refractivity contribution in [3.63, 3.8) is 0 Å². The van der Waals surface area contributed by atoms with Gasteiger partial charge in [0.2, 0.25) is 5.91 Å². The van der Waals surface area contributed by atoms with Crippen molar-refractivity contribution in [3.05, 3.63) is 52.7 Å². The van der Waals surface area contributed by atoms with Gasteiger partial charge in [0, 0.05) is 5.02 Å². The predicted molar refractivity (Wildman–Crippen MR) is 77.2 cm³/mol. The fourth-order valence-corrected chi connectivity index (χ4v) is 1.87. The number of nitrogen functional groups attached to an aromatic ring is 1. The Morgan fingerprint density at radius 2 is 2.21 bits per heavy atom. The number of pyridine rings is 1. The fraction of sp³-hybridized carbons (Fsp3) is 0.143. The van der Waals surface area contributed by atoms with Crippen molar-refractivity contribution in [2.45, 2.75) is 13.3 Å². The van der Waals surface area contributed by atoms with Gasteiger partial charge in [0.05, 0.1) is 18.3 Å². The van der Waals surface area contributed by atoms with Crippen LogP contribution in [0, 0.1) is 6.92 Å². The van der Waals surface area contributed by atoms with Gasteiger partial charge < -0.3 is 11.1 Å². The van der Waals surface area contributed by atoms with E-state index < -0.39 is 0 Å². The van der Waals surface area contributed by atoms with Crippen LogP contribution in [0.5, 0.6) is 0 Å². The number of aromatic nitrogens is 1. The number of carbonyl (C=O) groups is 1. The van der Waals surface area contributed by atoms with Crippen LogP contribution in [0.2, 0.25) is 5.02 Å². The minimum Gasteiger partial charge on any atom is -0.397 e. The molecule has 1 heterocycles. The number of aryl methyl sites for hydroxylation is 1. The molecule has 5 heteroatoms. The first kappa shape index (κ1) is 13.4. The molecular weight excluding hydrogens is 262 g/mol. The van der Waals surface area contributed by atoms with Crippen LogP contribution in [0.15, 0.2) is 36.5 Å². The molecule has 0 aliphatic heterocycles. The van der Waals surface area contributed by atoms with E-state index in [9.17, 15) is 4.79 Å². The van der Waals surface area contributed by atoms with E-state index in [4.69, 9.17) is 17.3 Å². The SMILES string of the molecule is Cc1cc(NC(=O)Cc2cccc(Cl)c2)ncc1N. The Morgan fingerprint density at radius 3 is 2.89 bits per heavy atom. The Labute approximate surface area is 116 Å². The summed E-state index contributed by atoms with van der Waals surface area (Å²) in [6, 6.07) is 8.95. The van der Waals surface area contributed by atoms with Crippen LogP contribution in [0.1, 0.15) is 11.1 Å². The summed E-state index contributed by atoms with van der Waals surface area (Å²) in [6.07, 6.45) is 1.79. The molecule has 19 heavy (non-hydrogen) atoms. The van der Waals surface area contributed by atoms with Crippen molar-refractivity contribution >= 4 is 29.0 Å². The van der Waals surface area contributed by atoms with E-state index >= 15 is 0 Å². The van der Waals surface area contributed by atoms with Gasteiger partial charge in [-0.1, -0.05) is 23.7 Å². The smallest absolute Gasteiger partial charge is 0.229 e. The Bertz CT molecular complexity index is 613. The average Bonchev–Trinajstić information content (AvgIpc) is 2.34. The highest BCUT2D eigenvalue weighted by atomic mass is 35.5.